The van der Waals surface area contributed by atoms with Gasteiger partial charge in [0, 0.05) is 12.8 Å². The van der Waals surface area contributed by atoms with Gasteiger partial charge in [-0.05, 0) is 43.4 Å². The minimum atomic E-state index is -0.413. The Morgan fingerprint density at radius 1 is 1.24 bits per heavy atom. The topological polar surface area (TPSA) is 55.8 Å². The lowest BCUT2D eigenvalue weighted by Gasteiger charge is -2.10. The van der Waals surface area contributed by atoms with Gasteiger partial charge >= 0.3 is 0 Å². The van der Waals surface area contributed by atoms with Crippen LogP contribution in [-0.2, 0) is 11.2 Å². The molecule has 0 fully saturated rings. The maximum atomic E-state index is 11.6. The minimum Gasteiger partial charge on any atom is -0.454 e. The van der Waals surface area contributed by atoms with Gasteiger partial charge in [-0.2, -0.15) is 0 Å². The maximum absolute atomic E-state index is 11.6. The fourth-order valence-corrected chi connectivity index (χ4v) is 2.48. The summed E-state index contributed by atoms with van der Waals surface area (Å²) in [5.41, 5.74) is 1.03. The lowest BCUT2D eigenvalue weighted by atomic mass is 10.0. The Hall–Kier alpha value is -1.55. The molecule has 0 bridgehead atoms. The smallest absolute Gasteiger partial charge is 0.231 e. The van der Waals surface area contributed by atoms with E-state index in [4.69, 9.17) is 9.47 Å². The van der Waals surface area contributed by atoms with E-state index in [1.54, 1.807) is 0 Å². The van der Waals surface area contributed by atoms with E-state index in [2.05, 4.69) is 6.92 Å². The molecule has 1 aliphatic rings. The zero-order chi connectivity index (χ0) is 15.1. The maximum Gasteiger partial charge on any atom is 0.231 e. The Morgan fingerprint density at radius 2 is 2.00 bits per heavy atom. The molecule has 1 unspecified atom stereocenters. The second kappa shape index (κ2) is 8.03. The number of hydrogen-bond donors (Lipinski definition) is 1. The van der Waals surface area contributed by atoms with Gasteiger partial charge in [0.25, 0.3) is 0 Å². The Kier molecular flexibility index (Phi) is 6.05. The van der Waals surface area contributed by atoms with Crippen LogP contribution in [0.3, 0.4) is 0 Å². The van der Waals surface area contributed by atoms with Crippen LogP contribution >= 0.6 is 0 Å². The Balaban J connectivity index is 1.69. The van der Waals surface area contributed by atoms with E-state index in [-0.39, 0.29) is 6.79 Å². The van der Waals surface area contributed by atoms with E-state index in [1.807, 2.05) is 18.2 Å². The summed E-state index contributed by atoms with van der Waals surface area (Å²) in [6.07, 6.45) is 4.87. The third kappa shape index (κ3) is 5.05. The van der Waals surface area contributed by atoms with E-state index < -0.39 is 6.10 Å². The predicted molar refractivity (Wildman–Crippen MR) is 80.7 cm³/mol. The molecule has 1 aromatic rings. The number of unbranched alkanes of at least 4 members (excludes halogenated alkanes) is 1. The summed E-state index contributed by atoms with van der Waals surface area (Å²) < 4.78 is 10.6. The monoisotopic (exact) mass is 292 g/mol. The number of ether oxygens (including phenoxy) is 2. The van der Waals surface area contributed by atoms with Crippen molar-refractivity contribution in [2.24, 2.45) is 0 Å². The van der Waals surface area contributed by atoms with Gasteiger partial charge in [-0.1, -0.05) is 19.4 Å². The number of hydrogen-bond acceptors (Lipinski definition) is 4. The highest BCUT2D eigenvalue weighted by Gasteiger charge is 2.15. The van der Waals surface area contributed by atoms with E-state index in [0.29, 0.717) is 31.5 Å². The molecule has 4 heteroatoms. The number of Topliss-reactive ketones (excluding diaryl/α,β-unsaturated/α-hetero) is 1. The Labute approximate surface area is 126 Å². The van der Waals surface area contributed by atoms with Crippen LogP contribution in [0.5, 0.6) is 11.5 Å². The summed E-state index contributed by atoms with van der Waals surface area (Å²) in [5, 5.41) is 10.1. The number of carbonyl (C=O) groups excluding carboxylic acids is 1. The SMILES string of the molecule is CCCCC(=O)CCCC(O)Cc1ccc2c(c1)OCO2. The predicted octanol–water partition coefficient (Wildman–Crippen LogP) is 3.25. The van der Waals surface area contributed by atoms with Crippen molar-refractivity contribution in [3.8, 4) is 11.5 Å². The van der Waals surface area contributed by atoms with Crippen molar-refractivity contribution in [2.75, 3.05) is 6.79 Å². The second-order valence-electron chi connectivity index (χ2n) is 5.58. The molecule has 0 saturated carbocycles. The molecule has 0 saturated heterocycles. The number of fused-ring (bicyclic) bond motifs is 1. The highest BCUT2D eigenvalue weighted by Crippen LogP contribution is 2.32. The van der Waals surface area contributed by atoms with Crippen LogP contribution in [-0.4, -0.2) is 23.8 Å². The normalized spacial score (nSPS) is 14.2. The van der Waals surface area contributed by atoms with Crippen molar-refractivity contribution in [2.45, 2.75) is 58.0 Å². The van der Waals surface area contributed by atoms with E-state index in [1.165, 1.54) is 0 Å². The highest BCUT2D eigenvalue weighted by molar-refractivity contribution is 5.78. The molecule has 1 aliphatic heterocycles. The largest absolute Gasteiger partial charge is 0.454 e. The van der Waals surface area contributed by atoms with Gasteiger partial charge in [0.15, 0.2) is 11.5 Å². The molecule has 0 amide bonds. The first-order chi connectivity index (χ1) is 10.2. The fourth-order valence-electron chi connectivity index (χ4n) is 2.48. The van der Waals surface area contributed by atoms with E-state index in [9.17, 15) is 9.90 Å². The van der Waals surface area contributed by atoms with Crippen molar-refractivity contribution in [1.82, 2.24) is 0 Å². The van der Waals surface area contributed by atoms with Crippen molar-refractivity contribution in [1.29, 1.82) is 0 Å². The van der Waals surface area contributed by atoms with Gasteiger partial charge in [-0.25, -0.2) is 0 Å². The molecule has 4 nitrogen and oxygen atoms in total. The summed E-state index contributed by atoms with van der Waals surface area (Å²) in [6.45, 7) is 2.35. The molecule has 116 valence electrons. The molecule has 0 aliphatic carbocycles. The quantitative estimate of drug-likeness (QED) is 0.759. The van der Waals surface area contributed by atoms with Gasteiger partial charge in [0.2, 0.25) is 6.79 Å². The van der Waals surface area contributed by atoms with Crippen LogP contribution in [0.4, 0.5) is 0 Å². The third-order valence-corrected chi connectivity index (χ3v) is 3.71. The molecule has 2 rings (SSSR count). The summed E-state index contributed by atoms with van der Waals surface area (Å²) in [7, 11) is 0. The molecule has 0 spiro atoms. The number of carbonyl (C=O) groups is 1. The number of ketones is 1. The lowest BCUT2D eigenvalue weighted by Crippen LogP contribution is -2.11. The average Bonchev–Trinajstić information content (AvgIpc) is 2.92. The number of aliphatic hydroxyl groups excluding tert-OH is 1. The van der Waals surface area contributed by atoms with Crippen molar-refractivity contribution < 1.29 is 19.4 Å². The molecule has 1 heterocycles. The Bertz CT molecular complexity index is 470. The van der Waals surface area contributed by atoms with Crippen LogP contribution in [0.1, 0.15) is 51.0 Å². The van der Waals surface area contributed by atoms with Gasteiger partial charge in [-0.15, -0.1) is 0 Å². The zero-order valence-electron chi connectivity index (χ0n) is 12.6. The first kappa shape index (κ1) is 15.8. The van der Waals surface area contributed by atoms with Gasteiger partial charge < -0.3 is 14.6 Å². The van der Waals surface area contributed by atoms with E-state index in [0.717, 1.165) is 36.3 Å². The van der Waals surface area contributed by atoms with Gasteiger partial charge in [-0.3, -0.25) is 4.79 Å². The third-order valence-electron chi connectivity index (χ3n) is 3.71. The van der Waals surface area contributed by atoms with Crippen molar-refractivity contribution in [3.63, 3.8) is 0 Å². The molecule has 1 N–H and O–H groups in total. The summed E-state index contributed by atoms with van der Waals surface area (Å²) >= 11 is 0. The fraction of sp³-hybridized carbons (Fsp3) is 0.588. The van der Waals surface area contributed by atoms with Crippen LogP contribution in [0.25, 0.3) is 0 Å². The van der Waals surface area contributed by atoms with Crippen molar-refractivity contribution >= 4 is 5.78 Å². The number of aliphatic hydroxyl groups is 1. The zero-order valence-corrected chi connectivity index (χ0v) is 12.6. The lowest BCUT2D eigenvalue weighted by molar-refractivity contribution is -0.119. The molecule has 21 heavy (non-hydrogen) atoms. The minimum absolute atomic E-state index is 0.265. The number of rotatable bonds is 9. The number of benzene rings is 1. The standard InChI is InChI=1S/C17H24O4/c1-2-3-5-14(18)6-4-7-15(19)10-13-8-9-16-17(11-13)21-12-20-16/h8-9,11,15,19H,2-7,10,12H2,1H3. The Morgan fingerprint density at radius 3 is 2.81 bits per heavy atom. The summed E-state index contributed by atoms with van der Waals surface area (Å²) in [5.74, 6) is 1.82. The van der Waals surface area contributed by atoms with Crippen molar-refractivity contribution in [3.05, 3.63) is 23.8 Å². The van der Waals surface area contributed by atoms with Gasteiger partial charge in [0.05, 0.1) is 6.10 Å². The van der Waals surface area contributed by atoms with Crippen LogP contribution in [0, 0.1) is 0 Å². The summed E-state index contributed by atoms with van der Waals surface area (Å²) in [4.78, 5) is 11.6. The highest BCUT2D eigenvalue weighted by atomic mass is 16.7. The second-order valence-corrected chi connectivity index (χ2v) is 5.58. The van der Waals surface area contributed by atoms with Crippen LogP contribution < -0.4 is 9.47 Å². The molecule has 1 aromatic carbocycles. The molecule has 1 atom stereocenters. The summed E-state index contributed by atoms with van der Waals surface area (Å²) in [6, 6.07) is 5.74. The molecule has 0 radical (unpaired) electrons. The molecular formula is C17H24O4. The van der Waals surface area contributed by atoms with Crippen LogP contribution in [0.2, 0.25) is 0 Å². The first-order valence-electron chi connectivity index (χ1n) is 7.77. The average molecular weight is 292 g/mol. The van der Waals surface area contributed by atoms with Crippen LogP contribution in [0.15, 0.2) is 18.2 Å². The molecule has 0 aromatic heterocycles. The first-order valence-corrected chi connectivity index (χ1v) is 7.77. The van der Waals surface area contributed by atoms with Gasteiger partial charge in [0.1, 0.15) is 5.78 Å². The molecular weight excluding hydrogens is 268 g/mol. The van der Waals surface area contributed by atoms with E-state index >= 15 is 0 Å².